The minimum absolute atomic E-state index is 0.544. The minimum Gasteiger partial charge on any atom is -0.493 e. The molecule has 20 heavy (non-hydrogen) atoms. The largest absolute Gasteiger partial charge is 0.493 e. The molecule has 0 aliphatic heterocycles. The number of halogens is 3. The van der Waals surface area contributed by atoms with Gasteiger partial charge in [0.2, 0.25) is 0 Å². The Morgan fingerprint density at radius 1 is 1.20 bits per heavy atom. The van der Waals surface area contributed by atoms with Crippen molar-refractivity contribution in [1.29, 1.82) is 0 Å². The Morgan fingerprint density at radius 3 is 2.60 bits per heavy atom. The highest BCUT2D eigenvalue weighted by molar-refractivity contribution is 9.10. The molecule has 0 aliphatic rings. The van der Waals surface area contributed by atoms with Crippen molar-refractivity contribution >= 4 is 43.5 Å². The molecular weight excluding hydrogens is 407 g/mol. The molecule has 2 nitrogen and oxygen atoms in total. The third-order valence-electron chi connectivity index (χ3n) is 2.83. The van der Waals surface area contributed by atoms with Crippen LogP contribution >= 0.6 is 43.5 Å². The lowest BCUT2D eigenvalue weighted by Gasteiger charge is -2.17. The molecule has 1 atom stereocenters. The molecule has 0 saturated heterocycles. The maximum absolute atomic E-state index is 10.6. The Hall–Kier alpha value is -0.550. The van der Waals surface area contributed by atoms with Crippen LogP contribution in [-0.2, 0) is 0 Å². The maximum atomic E-state index is 10.6. The normalized spacial score (nSPS) is 12.2. The van der Waals surface area contributed by atoms with Gasteiger partial charge in [-0.25, -0.2) is 0 Å². The van der Waals surface area contributed by atoms with E-state index >= 15 is 0 Å². The van der Waals surface area contributed by atoms with E-state index in [0.717, 1.165) is 14.5 Å². The zero-order chi connectivity index (χ0) is 14.7. The Balaban J connectivity index is 2.43. The first kappa shape index (κ1) is 15.8. The molecule has 1 N–H and O–H groups in total. The van der Waals surface area contributed by atoms with Crippen LogP contribution in [0.1, 0.15) is 24.2 Å². The molecule has 0 spiro atoms. The molecule has 0 bridgehead atoms. The molecular formula is C15H13Br2ClO2. The van der Waals surface area contributed by atoms with Crippen LogP contribution in [0.4, 0.5) is 0 Å². The number of ether oxygens (including phenoxy) is 1. The number of aliphatic hydroxyl groups excluding tert-OH is 1. The number of hydrogen-bond acceptors (Lipinski definition) is 2. The Bertz CT molecular complexity index is 617. The lowest BCUT2D eigenvalue weighted by atomic mass is 10.0. The summed E-state index contributed by atoms with van der Waals surface area (Å²) >= 11 is 12.8. The summed E-state index contributed by atoms with van der Waals surface area (Å²) in [6, 6.07) is 11.0. The Kier molecular flexibility index (Phi) is 5.49. The standard InChI is InChI=1S/C15H13Br2ClO2/c1-2-20-14-6-4-10(16)8-11(14)15(19)9-3-5-12(17)13(18)7-9/h3-8,15,19H,2H2,1H3. The van der Waals surface area contributed by atoms with Crippen LogP contribution in [-0.4, -0.2) is 11.7 Å². The van der Waals surface area contributed by atoms with E-state index in [0.29, 0.717) is 22.9 Å². The molecule has 106 valence electrons. The van der Waals surface area contributed by atoms with Crippen molar-refractivity contribution in [2.45, 2.75) is 13.0 Å². The lowest BCUT2D eigenvalue weighted by Crippen LogP contribution is -2.04. The number of aliphatic hydroxyl groups is 1. The van der Waals surface area contributed by atoms with E-state index in [1.165, 1.54) is 0 Å². The second kappa shape index (κ2) is 6.94. The van der Waals surface area contributed by atoms with Crippen molar-refractivity contribution in [3.8, 4) is 5.75 Å². The van der Waals surface area contributed by atoms with Gasteiger partial charge in [0.1, 0.15) is 11.9 Å². The fourth-order valence-electron chi connectivity index (χ4n) is 1.88. The molecule has 0 aliphatic carbocycles. The van der Waals surface area contributed by atoms with Gasteiger partial charge in [0.05, 0.1) is 11.6 Å². The quantitative estimate of drug-likeness (QED) is 0.723. The zero-order valence-corrected chi connectivity index (χ0v) is 14.7. The van der Waals surface area contributed by atoms with Gasteiger partial charge in [0, 0.05) is 14.5 Å². The third kappa shape index (κ3) is 3.55. The second-order valence-corrected chi connectivity index (χ2v) is 6.37. The van der Waals surface area contributed by atoms with Gasteiger partial charge in [-0.15, -0.1) is 0 Å². The van der Waals surface area contributed by atoms with E-state index in [1.54, 1.807) is 6.07 Å². The van der Waals surface area contributed by atoms with Gasteiger partial charge in [-0.05, 0) is 58.7 Å². The van der Waals surface area contributed by atoms with Crippen molar-refractivity contribution in [2.24, 2.45) is 0 Å². The molecule has 2 aromatic carbocycles. The molecule has 0 saturated carbocycles. The van der Waals surface area contributed by atoms with Crippen LogP contribution in [0.3, 0.4) is 0 Å². The fourth-order valence-corrected chi connectivity index (χ4v) is 2.70. The minimum atomic E-state index is -0.792. The van der Waals surface area contributed by atoms with Gasteiger partial charge in [-0.2, -0.15) is 0 Å². The molecule has 0 amide bonds. The molecule has 5 heteroatoms. The summed E-state index contributed by atoms with van der Waals surface area (Å²) in [5.41, 5.74) is 1.43. The summed E-state index contributed by atoms with van der Waals surface area (Å²) in [6.07, 6.45) is -0.792. The summed E-state index contributed by atoms with van der Waals surface area (Å²) in [6.45, 7) is 2.46. The van der Waals surface area contributed by atoms with Gasteiger partial charge < -0.3 is 9.84 Å². The summed E-state index contributed by atoms with van der Waals surface area (Å²) in [5, 5.41) is 11.1. The Morgan fingerprint density at radius 2 is 1.95 bits per heavy atom. The van der Waals surface area contributed by atoms with E-state index in [-0.39, 0.29) is 0 Å². The predicted molar refractivity (Wildman–Crippen MR) is 88.5 cm³/mol. The first-order chi connectivity index (χ1) is 9.52. The predicted octanol–water partition coefficient (Wildman–Crippen LogP) is 5.35. The first-order valence-electron chi connectivity index (χ1n) is 6.08. The van der Waals surface area contributed by atoms with E-state index in [4.69, 9.17) is 16.3 Å². The van der Waals surface area contributed by atoms with Crippen LogP contribution in [0.2, 0.25) is 5.02 Å². The number of rotatable bonds is 4. The van der Waals surface area contributed by atoms with Gasteiger partial charge >= 0.3 is 0 Å². The van der Waals surface area contributed by atoms with Crippen LogP contribution < -0.4 is 4.74 Å². The molecule has 2 rings (SSSR count). The highest BCUT2D eigenvalue weighted by atomic mass is 79.9. The topological polar surface area (TPSA) is 29.5 Å². The van der Waals surface area contributed by atoms with Crippen LogP contribution in [0, 0.1) is 0 Å². The zero-order valence-electron chi connectivity index (χ0n) is 10.7. The average molecular weight is 421 g/mol. The van der Waals surface area contributed by atoms with Crippen molar-refractivity contribution in [2.75, 3.05) is 6.61 Å². The Labute approximate surface area is 140 Å². The second-order valence-electron chi connectivity index (χ2n) is 4.19. The lowest BCUT2D eigenvalue weighted by molar-refractivity contribution is 0.212. The molecule has 1 unspecified atom stereocenters. The molecule has 2 aromatic rings. The SMILES string of the molecule is CCOc1ccc(Br)cc1C(O)c1ccc(Br)c(Cl)c1. The first-order valence-corrected chi connectivity index (χ1v) is 8.04. The summed E-state index contributed by atoms with van der Waals surface area (Å²) in [5.74, 6) is 0.669. The van der Waals surface area contributed by atoms with Gasteiger partial charge in [0.15, 0.2) is 0 Å². The van der Waals surface area contributed by atoms with Gasteiger partial charge in [0.25, 0.3) is 0 Å². The van der Waals surface area contributed by atoms with E-state index in [9.17, 15) is 5.11 Å². The summed E-state index contributed by atoms with van der Waals surface area (Å²) in [4.78, 5) is 0. The van der Waals surface area contributed by atoms with Crippen molar-refractivity contribution in [1.82, 2.24) is 0 Å². The smallest absolute Gasteiger partial charge is 0.125 e. The van der Waals surface area contributed by atoms with Crippen molar-refractivity contribution in [3.63, 3.8) is 0 Å². The van der Waals surface area contributed by atoms with E-state index in [2.05, 4.69) is 31.9 Å². The molecule has 0 radical (unpaired) electrons. The highest BCUT2D eigenvalue weighted by Gasteiger charge is 2.17. The fraction of sp³-hybridized carbons (Fsp3) is 0.200. The van der Waals surface area contributed by atoms with Crippen molar-refractivity contribution < 1.29 is 9.84 Å². The molecule has 0 fully saturated rings. The number of hydrogen-bond donors (Lipinski definition) is 1. The van der Waals surface area contributed by atoms with E-state index in [1.807, 2.05) is 37.3 Å². The van der Waals surface area contributed by atoms with Crippen molar-refractivity contribution in [3.05, 3.63) is 61.5 Å². The van der Waals surface area contributed by atoms with Crippen LogP contribution in [0.25, 0.3) is 0 Å². The monoisotopic (exact) mass is 418 g/mol. The van der Waals surface area contributed by atoms with Gasteiger partial charge in [-0.3, -0.25) is 0 Å². The summed E-state index contributed by atoms with van der Waals surface area (Å²) in [7, 11) is 0. The van der Waals surface area contributed by atoms with Crippen LogP contribution in [0.5, 0.6) is 5.75 Å². The van der Waals surface area contributed by atoms with E-state index < -0.39 is 6.10 Å². The third-order valence-corrected chi connectivity index (χ3v) is 4.55. The maximum Gasteiger partial charge on any atom is 0.125 e. The number of benzene rings is 2. The molecule has 0 aromatic heterocycles. The molecule has 0 heterocycles. The summed E-state index contributed by atoms with van der Waals surface area (Å²) < 4.78 is 7.25. The highest BCUT2D eigenvalue weighted by Crippen LogP contribution is 2.34. The van der Waals surface area contributed by atoms with Gasteiger partial charge in [-0.1, -0.05) is 33.6 Å². The average Bonchev–Trinajstić information content (AvgIpc) is 2.43. The van der Waals surface area contributed by atoms with Crippen LogP contribution in [0.15, 0.2) is 45.3 Å².